The van der Waals surface area contributed by atoms with Crippen LogP contribution < -0.4 is 10.6 Å². The first kappa shape index (κ1) is 21.3. The lowest BCUT2D eigenvalue weighted by atomic mass is 9.77. The molecule has 0 bridgehead atoms. The van der Waals surface area contributed by atoms with Crippen molar-refractivity contribution in [3.63, 3.8) is 0 Å². The molecular formula is C22H28N4O2S. The summed E-state index contributed by atoms with van der Waals surface area (Å²) in [5.41, 5.74) is 5.17. The third kappa shape index (κ3) is 5.56. The van der Waals surface area contributed by atoms with Crippen molar-refractivity contribution >= 4 is 40.1 Å². The van der Waals surface area contributed by atoms with E-state index in [2.05, 4.69) is 47.7 Å². The van der Waals surface area contributed by atoms with Gasteiger partial charge in [-0.15, -0.1) is 5.10 Å². The van der Waals surface area contributed by atoms with Gasteiger partial charge in [-0.2, -0.15) is 5.10 Å². The molecule has 7 heteroatoms. The number of carbonyl (C=O) groups excluding carboxylic acids is 2. The number of thioether (sulfide) groups is 1. The van der Waals surface area contributed by atoms with Crippen LogP contribution in [-0.4, -0.2) is 27.9 Å². The second kappa shape index (κ2) is 8.53. The Balaban J connectivity index is 1.63. The summed E-state index contributed by atoms with van der Waals surface area (Å²) in [6.45, 7) is 10.4. The minimum absolute atomic E-state index is 0.0892. The van der Waals surface area contributed by atoms with Gasteiger partial charge in [-0.3, -0.25) is 9.59 Å². The van der Waals surface area contributed by atoms with E-state index in [0.717, 1.165) is 35.4 Å². The van der Waals surface area contributed by atoms with E-state index in [1.165, 1.54) is 17.3 Å². The minimum Gasteiger partial charge on any atom is -0.326 e. The Bertz CT molecular complexity index is 910. The molecule has 1 aliphatic heterocycles. The van der Waals surface area contributed by atoms with E-state index in [-0.39, 0.29) is 23.7 Å². The number of rotatable bonds is 4. The maximum absolute atomic E-state index is 12.5. The van der Waals surface area contributed by atoms with Crippen LogP contribution in [0.4, 0.5) is 5.69 Å². The third-order valence-electron chi connectivity index (χ3n) is 4.99. The molecule has 2 amide bonds. The second-order valence-corrected chi connectivity index (χ2v) is 9.81. The van der Waals surface area contributed by atoms with Crippen LogP contribution in [0.25, 0.3) is 0 Å². The standard InChI is InChI=1S/C22H28N4O2S/c1-13-9-16(12-22(4,5)11-13)25-26-21-24-20(28)17(29-21)10-18(27)23-19-14(2)7-6-8-15(19)3/h6-9,17H,10-12H2,1-5H3,(H,23,27)(H,24,26,28)/b25-16-/t17-/m0/s1. The van der Waals surface area contributed by atoms with E-state index in [9.17, 15) is 9.59 Å². The highest BCUT2D eigenvalue weighted by molar-refractivity contribution is 8.15. The monoisotopic (exact) mass is 412 g/mol. The van der Waals surface area contributed by atoms with Gasteiger partial charge in [0.2, 0.25) is 11.8 Å². The molecule has 0 unspecified atom stereocenters. The number of amidine groups is 1. The lowest BCUT2D eigenvalue weighted by Crippen LogP contribution is -2.28. The van der Waals surface area contributed by atoms with Crippen LogP contribution >= 0.6 is 11.8 Å². The van der Waals surface area contributed by atoms with Crippen molar-refractivity contribution in [2.24, 2.45) is 15.6 Å². The Kier molecular flexibility index (Phi) is 6.27. The van der Waals surface area contributed by atoms with Gasteiger partial charge in [0.05, 0.1) is 5.71 Å². The fourth-order valence-electron chi connectivity index (χ4n) is 3.83. The van der Waals surface area contributed by atoms with Crippen molar-refractivity contribution in [1.29, 1.82) is 0 Å². The number of amides is 2. The van der Waals surface area contributed by atoms with Gasteiger partial charge >= 0.3 is 0 Å². The number of hydrogen-bond acceptors (Lipinski definition) is 5. The van der Waals surface area contributed by atoms with E-state index in [0.29, 0.717) is 5.17 Å². The van der Waals surface area contributed by atoms with Crippen LogP contribution in [0.2, 0.25) is 0 Å². The smallest absolute Gasteiger partial charge is 0.240 e. The van der Waals surface area contributed by atoms with Crippen LogP contribution in [0, 0.1) is 19.3 Å². The van der Waals surface area contributed by atoms with Gasteiger partial charge in [0.15, 0.2) is 5.17 Å². The zero-order chi connectivity index (χ0) is 21.2. The molecule has 1 atom stereocenters. The average Bonchev–Trinajstić information content (AvgIpc) is 2.94. The quantitative estimate of drug-likeness (QED) is 0.722. The predicted molar refractivity (Wildman–Crippen MR) is 120 cm³/mol. The summed E-state index contributed by atoms with van der Waals surface area (Å²) >= 11 is 1.26. The summed E-state index contributed by atoms with van der Waals surface area (Å²) in [5, 5.41) is 14.2. The van der Waals surface area contributed by atoms with E-state index < -0.39 is 5.25 Å². The summed E-state index contributed by atoms with van der Waals surface area (Å²) in [7, 11) is 0. The molecule has 3 rings (SSSR count). The first-order valence-corrected chi connectivity index (χ1v) is 10.7. The van der Waals surface area contributed by atoms with Crippen molar-refractivity contribution in [1.82, 2.24) is 5.32 Å². The first-order chi connectivity index (χ1) is 13.6. The van der Waals surface area contributed by atoms with Gasteiger partial charge in [-0.05, 0) is 56.2 Å². The average molecular weight is 413 g/mol. The maximum atomic E-state index is 12.5. The Labute approximate surface area is 176 Å². The Morgan fingerprint density at radius 1 is 1.21 bits per heavy atom. The molecule has 1 heterocycles. The van der Waals surface area contributed by atoms with Crippen molar-refractivity contribution in [3.05, 3.63) is 41.0 Å². The molecule has 29 heavy (non-hydrogen) atoms. The third-order valence-corrected chi connectivity index (χ3v) is 6.06. The normalized spacial score (nSPS) is 23.8. The van der Waals surface area contributed by atoms with Gasteiger partial charge in [-0.25, -0.2) is 0 Å². The highest BCUT2D eigenvalue weighted by Gasteiger charge is 2.32. The number of carbonyl (C=O) groups is 2. The van der Waals surface area contributed by atoms with Gasteiger partial charge in [0.1, 0.15) is 5.25 Å². The number of anilines is 1. The van der Waals surface area contributed by atoms with Crippen molar-refractivity contribution in [3.8, 4) is 0 Å². The molecule has 0 spiro atoms. The number of nitrogens with zero attached hydrogens (tertiary/aromatic N) is 2. The highest BCUT2D eigenvalue weighted by atomic mass is 32.2. The molecule has 0 aromatic heterocycles. The molecule has 1 saturated heterocycles. The number of benzene rings is 1. The predicted octanol–water partition coefficient (Wildman–Crippen LogP) is 4.34. The summed E-state index contributed by atoms with van der Waals surface area (Å²) in [4.78, 5) is 24.7. The molecule has 1 fully saturated rings. The molecule has 154 valence electrons. The number of allylic oxidation sites excluding steroid dienone is 2. The van der Waals surface area contributed by atoms with Crippen molar-refractivity contribution in [2.45, 2.75) is 59.1 Å². The minimum atomic E-state index is -0.502. The summed E-state index contributed by atoms with van der Waals surface area (Å²) in [6, 6.07) is 5.85. The number of aryl methyl sites for hydroxylation is 2. The summed E-state index contributed by atoms with van der Waals surface area (Å²) < 4.78 is 0. The van der Waals surface area contributed by atoms with E-state index in [1.54, 1.807) is 0 Å². The molecular weight excluding hydrogens is 384 g/mol. The SMILES string of the molecule is CC1=C/C(=N/N=C2\NC(=O)[C@H](CC(=O)Nc3c(C)cccc3C)S2)CC(C)(C)C1. The topological polar surface area (TPSA) is 82.9 Å². The van der Waals surface area contributed by atoms with Gasteiger partial charge in [-0.1, -0.05) is 49.4 Å². The largest absolute Gasteiger partial charge is 0.326 e. The van der Waals surface area contributed by atoms with Gasteiger partial charge in [0.25, 0.3) is 0 Å². The van der Waals surface area contributed by atoms with Crippen LogP contribution in [0.3, 0.4) is 0 Å². The van der Waals surface area contributed by atoms with Gasteiger partial charge in [0, 0.05) is 12.1 Å². The first-order valence-electron chi connectivity index (χ1n) is 9.78. The Morgan fingerprint density at radius 3 is 2.55 bits per heavy atom. The Morgan fingerprint density at radius 2 is 1.90 bits per heavy atom. The fourth-order valence-corrected chi connectivity index (χ4v) is 4.74. The van der Waals surface area contributed by atoms with E-state index in [1.807, 2.05) is 32.0 Å². The lowest BCUT2D eigenvalue weighted by Gasteiger charge is -2.28. The lowest BCUT2D eigenvalue weighted by molar-refractivity contribution is -0.122. The van der Waals surface area contributed by atoms with Crippen LogP contribution in [0.1, 0.15) is 51.2 Å². The highest BCUT2D eigenvalue weighted by Crippen LogP contribution is 2.34. The van der Waals surface area contributed by atoms with Crippen LogP contribution in [0.15, 0.2) is 40.1 Å². The number of hydrogen-bond donors (Lipinski definition) is 2. The van der Waals surface area contributed by atoms with Crippen molar-refractivity contribution < 1.29 is 9.59 Å². The maximum Gasteiger partial charge on any atom is 0.240 e. The van der Waals surface area contributed by atoms with Crippen LogP contribution in [-0.2, 0) is 9.59 Å². The Hall–Kier alpha value is -2.41. The summed E-state index contributed by atoms with van der Waals surface area (Å²) in [5.74, 6) is -0.392. The molecule has 2 aliphatic rings. The molecule has 0 radical (unpaired) electrons. The molecule has 0 saturated carbocycles. The zero-order valence-electron chi connectivity index (χ0n) is 17.6. The summed E-state index contributed by atoms with van der Waals surface area (Å²) in [6.07, 6.45) is 4.05. The molecule has 1 aromatic rings. The van der Waals surface area contributed by atoms with Crippen molar-refractivity contribution in [2.75, 3.05) is 5.32 Å². The molecule has 1 aromatic carbocycles. The van der Waals surface area contributed by atoms with E-state index >= 15 is 0 Å². The zero-order valence-corrected chi connectivity index (χ0v) is 18.4. The van der Waals surface area contributed by atoms with E-state index in [4.69, 9.17) is 0 Å². The van der Waals surface area contributed by atoms with Crippen LogP contribution in [0.5, 0.6) is 0 Å². The number of nitrogens with one attached hydrogen (secondary N) is 2. The number of para-hydroxylation sites is 1. The molecule has 1 aliphatic carbocycles. The molecule has 6 nitrogen and oxygen atoms in total. The van der Waals surface area contributed by atoms with Gasteiger partial charge < -0.3 is 10.6 Å². The fraction of sp³-hybridized carbons (Fsp3) is 0.455. The molecule has 2 N–H and O–H groups in total. The second-order valence-electron chi connectivity index (χ2n) is 8.62.